The molecule has 3 rings (SSSR count). The lowest BCUT2D eigenvalue weighted by molar-refractivity contribution is -0.377. The van der Waals surface area contributed by atoms with Crippen LogP contribution in [0.2, 0.25) is 10.0 Å². The summed E-state index contributed by atoms with van der Waals surface area (Å²) in [5.41, 5.74) is 1.48. The number of benzene rings is 1. The van der Waals surface area contributed by atoms with Crippen LogP contribution in [0.3, 0.4) is 0 Å². The van der Waals surface area contributed by atoms with E-state index in [1.165, 1.54) is 0 Å². The molecule has 0 spiro atoms. The van der Waals surface area contributed by atoms with Gasteiger partial charge in [-0.05, 0) is 37.1 Å². The first kappa shape index (κ1) is 27.3. The lowest BCUT2D eigenvalue weighted by Gasteiger charge is -2.26. The largest absolute Gasteiger partial charge is 0.870 e. The number of aromatic amines is 1. The molecule has 10 heteroatoms. The van der Waals surface area contributed by atoms with Crippen molar-refractivity contribution < 1.29 is 29.5 Å². The smallest absolute Gasteiger partial charge is 0.323 e. The molecule has 2 heterocycles. The Hall–Kier alpha value is -1.77. The van der Waals surface area contributed by atoms with Gasteiger partial charge in [0.25, 0.3) is 0 Å². The van der Waals surface area contributed by atoms with Gasteiger partial charge in [-0.3, -0.25) is 4.79 Å². The predicted octanol–water partition coefficient (Wildman–Crippen LogP) is 4.04. The van der Waals surface area contributed by atoms with Crippen molar-refractivity contribution in [2.45, 2.75) is 37.8 Å². The Balaban J connectivity index is 0.00000240. The van der Waals surface area contributed by atoms with Gasteiger partial charge in [-0.25, -0.2) is 4.98 Å². The second-order valence-electron chi connectivity index (χ2n) is 6.88. The van der Waals surface area contributed by atoms with Gasteiger partial charge < -0.3 is 25.0 Å². The minimum atomic E-state index is -0.580. The number of halogens is 3. The van der Waals surface area contributed by atoms with E-state index in [0.29, 0.717) is 33.5 Å². The monoisotopic (exact) mass is 492 g/mol. The van der Waals surface area contributed by atoms with Gasteiger partial charge in [-0.1, -0.05) is 35.7 Å². The van der Waals surface area contributed by atoms with E-state index >= 15 is 0 Å². The summed E-state index contributed by atoms with van der Waals surface area (Å²) in [7, 11) is 3.14. The molecule has 31 heavy (non-hydrogen) atoms. The van der Waals surface area contributed by atoms with Crippen LogP contribution in [-0.4, -0.2) is 38.3 Å². The first-order valence-electron chi connectivity index (χ1n) is 9.53. The quantitative estimate of drug-likeness (QED) is 0.584. The number of H-pyrrole nitrogens is 1. The van der Waals surface area contributed by atoms with E-state index in [0.717, 1.165) is 31.4 Å². The minimum absolute atomic E-state index is 0. The average Bonchev–Trinajstić information content (AvgIpc) is 2.75. The van der Waals surface area contributed by atoms with Crippen LogP contribution in [0, 0.1) is 0 Å². The number of methoxy groups -OCH3 is 2. The molecule has 1 aliphatic heterocycles. The van der Waals surface area contributed by atoms with Crippen molar-refractivity contribution in [3.05, 3.63) is 51.8 Å². The van der Waals surface area contributed by atoms with Crippen LogP contribution in [0.1, 0.15) is 36.5 Å². The highest BCUT2D eigenvalue weighted by Crippen LogP contribution is 2.35. The fourth-order valence-corrected chi connectivity index (χ4v) is 3.94. The van der Waals surface area contributed by atoms with Gasteiger partial charge in [0, 0.05) is 12.0 Å². The van der Waals surface area contributed by atoms with Crippen molar-refractivity contribution in [1.82, 2.24) is 5.32 Å². The second-order valence-corrected chi connectivity index (χ2v) is 7.69. The Morgan fingerprint density at radius 1 is 1.16 bits per heavy atom. The molecule has 1 fully saturated rings. The second kappa shape index (κ2) is 12.9. The molecule has 0 bridgehead atoms. The molecule has 0 aliphatic carbocycles. The fraction of sp³-hybridized carbons (Fsp3) is 0.429. The van der Waals surface area contributed by atoms with Crippen molar-refractivity contribution in [2.24, 2.45) is 0 Å². The average molecular weight is 494 g/mol. The number of piperidine rings is 1. The summed E-state index contributed by atoms with van der Waals surface area (Å²) in [6.07, 6.45) is 5.88. The van der Waals surface area contributed by atoms with Crippen molar-refractivity contribution >= 4 is 41.6 Å². The van der Waals surface area contributed by atoms with E-state index in [4.69, 9.17) is 37.4 Å². The van der Waals surface area contributed by atoms with E-state index in [1.54, 1.807) is 32.7 Å². The third kappa shape index (κ3) is 6.85. The van der Waals surface area contributed by atoms with Gasteiger partial charge >= 0.3 is 5.97 Å². The maximum atomic E-state index is 12.8. The first-order chi connectivity index (χ1) is 14.0. The van der Waals surface area contributed by atoms with E-state index in [2.05, 4.69) is 10.3 Å². The number of nitrogens with one attached hydrogen (secondary N) is 2. The van der Waals surface area contributed by atoms with Gasteiger partial charge in [-0.15, -0.1) is 12.4 Å². The molecule has 1 aromatic carbocycles. The highest BCUT2D eigenvalue weighted by molar-refractivity contribution is 6.35. The van der Waals surface area contributed by atoms with Crippen LogP contribution >= 0.6 is 35.6 Å². The number of ether oxygens (including phenoxy) is 3. The Kier molecular flexibility index (Phi) is 11.4. The van der Waals surface area contributed by atoms with Crippen LogP contribution in [0.15, 0.2) is 30.6 Å². The third-order valence-electron chi connectivity index (χ3n) is 5.02. The number of carbonyl (C=O) groups excluding carboxylic acids is 1. The van der Waals surface area contributed by atoms with Gasteiger partial charge in [0.05, 0.1) is 14.2 Å². The highest BCUT2D eigenvalue weighted by Gasteiger charge is 2.28. The number of aromatic nitrogens is 1. The maximum Gasteiger partial charge on any atom is 0.323 e. The van der Waals surface area contributed by atoms with E-state index in [9.17, 15) is 4.79 Å². The Labute approximate surface area is 198 Å². The zero-order valence-corrected chi connectivity index (χ0v) is 19.6. The normalized spacial score (nSPS) is 16.3. The standard InChI is InChI=1S/C21H24Cl2N2O4.ClH.H2O/c1-27-18-7-6-13(9-20(18)28-2)19(10-14-15(22)11-24-12-16(14)23)29-21(26)17-5-3-4-8-25-17;;/h6-7,9,11-12,17,19,25H,3-5,8,10H2,1-2H3;1H;1H2/t17-,19-;;/m0../s1. The molecule has 0 radical (unpaired) electrons. The van der Waals surface area contributed by atoms with Gasteiger partial charge in [0.1, 0.15) is 22.2 Å². The molecule has 0 amide bonds. The fourth-order valence-electron chi connectivity index (χ4n) is 3.41. The zero-order chi connectivity index (χ0) is 20.8. The molecule has 1 aliphatic rings. The number of rotatable bonds is 7. The van der Waals surface area contributed by atoms with Crippen molar-refractivity contribution in [2.75, 3.05) is 20.8 Å². The van der Waals surface area contributed by atoms with Crippen molar-refractivity contribution in [3.8, 4) is 11.5 Å². The molecule has 1 saturated heterocycles. The number of carbonyl (C=O) groups is 1. The topological polar surface area (TPSA) is 101 Å². The molecule has 3 N–H and O–H groups in total. The maximum absolute atomic E-state index is 12.8. The summed E-state index contributed by atoms with van der Waals surface area (Å²) in [5, 5.41) is 4.19. The Morgan fingerprint density at radius 2 is 1.84 bits per heavy atom. The molecule has 1 aromatic heterocycles. The third-order valence-corrected chi connectivity index (χ3v) is 5.69. The van der Waals surface area contributed by atoms with Crippen LogP contribution in [0.5, 0.6) is 11.5 Å². The molecular weight excluding hydrogens is 467 g/mol. The molecular formula is C21H27Cl3N2O5. The molecule has 2 atom stereocenters. The predicted molar refractivity (Wildman–Crippen MR) is 120 cm³/mol. The van der Waals surface area contributed by atoms with Crippen LogP contribution in [-0.2, 0) is 16.0 Å². The van der Waals surface area contributed by atoms with Crippen LogP contribution < -0.4 is 19.8 Å². The van der Waals surface area contributed by atoms with Gasteiger partial charge in [0.2, 0.25) is 0 Å². The lowest BCUT2D eigenvalue weighted by atomic mass is 10.0. The molecule has 7 nitrogen and oxygen atoms in total. The summed E-state index contributed by atoms with van der Waals surface area (Å²) in [6.45, 7) is 0.812. The summed E-state index contributed by atoms with van der Waals surface area (Å²) in [4.78, 5) is 15.7. The molecule has 2 aromatic rings. The number of pyridine rings is 1. The summed E-state index contributed by atoms with van der Waals surface area (Å²) in [6, 6.07) is 5.14. The summed E-state index contributed by atoms with van der Waals surface area (Å²) < 4.78 is 16.7. The van der Waals surface area contributed by atoms with E-state index in [1.807, 2.05) is 12.1 Å². The van der Waals surface area contributed by atoms with Crippen molar-refractivity contribution in [3.63, 3.8) is 0 Å². The highest BCUT2D eigenvalue weighted by atomic mass is 35.5. The van der Waals surface area contributed by atoms with Crippen LogP contribution in [0.4, 0.5) is 0 Å². The zero-order valence-electron chi connectivity index (χ0n) is 17.3. The number of hydrogen-bond donors (Lipinski definition) is 1. The summed E-state index contributed by atoms with van der Waals surface area (Å²) in [5.74, 6) is 0.875. The van der Waals surface area contributed by atoms with Crippen molar-refractivity contribution in [1.29, 1.82) is 0 Å². The van der Waals surface area contributed by atoms with Gasteiger partial charge in [-0.2, -0.15) is 0 Å². The minimum Gasteiger partial charge on any atom is -0.870 e. The SMILES string of the molecule is COc1ccc([C@H](Cc2c(Cl)c[nH+]cc2Cl)OC(=O)[C@@H]2CCCCN2)cc1OC.Cl.[OH-]. The van der Waals surface area contributed by atoms with E-state index < -0.39 is 6.10 Å². The number of hydrogen-bond acceptors (Lipinski definition) is 6. The first-order valence-corrected chi connectivity index (χ1v) is 10.3. The number of esters is 1. The molecule has 0 saturated carbocycles. The van der Waals surface area contributed by atoms with E-state index in [-0.39, 0.29) is 29.9 Å². The lowest BCUT2D eigenvalue weighted by Crippen LogP contribution is -2.42. The molecule has 0 unspecified atom stereocenters. The van der Waals surface area contributed by atoms with Gasteiger partial charge in [0.15, 0.2) is 23.9 Å². The Bertz CT molecular complexity index is 843. The Morgan fingerprint density at radius 3 is 2.42 bits per heavy atom. The van der Waals surface area contributed by atoms with Crippen LogP contribution in [0.25, 0.3) is 0 Å². The summed E-state index contributed by atoms with van der Waals surface area (Å²) >= 11 is 12.7. The molecule has 172 valence electrons.